The molecule has 1 aliphatic rings. The fourth-order valence-electron chi connectivity index (χ4n) is 2.23. The summed E-state index contributed by atoms with van der Waals surface area (Å²) in [6, 6.07) is 4.84. The van der Waals surface area contributed by atoms with E-state index in [1.807, 2.05) is 14.0 Å². The van der Waals surface area contributed by atoms with Gasteiger partial charge in [0.15, 0.2) is 0 Å². The largest absolute Gasteiger partial charge is 0.399 e. The number of aryl methyl sites for hydroxylation is 1. The van der Waals surface area contributed by atoms with Gasteiger partial charge < -0.3 is 10.6 Å². The summed E-state index contributed by atoms with van der Waals surface area (Å²) in [5.74, 6) is 0. The molecular weight excluding hydrogens is 262 g/mol. The van der Waals surface area contributed by atoms with Crippen molar-refractivity contribution < 1.29 is 8.42 Å². The Hall–Kier alpha value is -1.11. The number of benzene rings is 1. The van der Waals surface area contributed by atoms with Crippen molar-refractivity contribution in [2.45, 2.75) is 30.7 Å². The van der Waals surface area contributed by atoms with Crippen molar-refractivity contribution in [1.82, 2.24) is 9.62 Å². The van der Waals surface area contributed by atoms with E-state index in [0.29, 0.717) is 5.69 Å². The van der Waals surface area contributed by atoms with Crippen LogP contribution in [0.4, 0.5) is 5.69 Å². The molecule has 1 saturated heterocycles. The number of nitrogens with zero attached hydrogens (tertiary/aromatic N) is 1. The first-order chi connectivity index (χ1) is 8.88. The number of nitrogens with one attached hydrogen (secondary N) is 1. The molecule has 3 N–H and O–H groups in total. The van der Waals surface area contributed by atoms with Crippen LogP contribution in [0.3, 0.4) is 0 Å². The predicted molar refractivity (Wildman–Crippen MR) is 76.4 cm³/mol. The molecule has 0 aliphatic carbocycles. The number of hydrogen-bond acceptors (Lipinski definition) is 4. The predicted octanol–water partition coefficient (Wildman–Crippen LogP) is 0.950. The summed E-state index contributed by atoms with van der Waals surface area (Å²) in [5, 5.41) is 0. The second-order valence-electron chi connectivity index (χ2n) is 5.22. The molecule has 1 heterocycles. The van der Waals surface area contributed by atoms with Crippen LogP contribution < -0.4 is 10.5 Å². The highest BCUT2D eigenvalue weighted by Crippen LogP contribution is 2.18. The minimum atomic E-state index is -3.44. The Labute approximate surface area is 114 Å². The number of anilines is 1. The van der Waals surface area contributed by atoms with Crippen LogP contribution in [0, 0.1) is 6.92 Å². The molecule has 0 spiro atoms. The number of sulfonamides is 1. The monoisotopic (exact) mass is 283 g/mol. The van der Waals surface area contributed by atoms with Crippen molar-refractivity contribution in [1.29, 1.82) is 0 Å². The molecule has 0 amide bonds. The molecule has 1 aliphatic heterocycles. The van der Waals surface area contributed by atoms with Crippen LogP contribution in [0.2, 0.25) is 0 Å². The molecule has 0 unspecified atom stereocenters. The standard InChI is InChI=1S/C13H21N3O2S/c1-10-9-12(3-4-13(10)14)19(17,18)15-11-5-7-16(2)8-6-11/h3-4,9,11,15H,5-8,14H2,1-2H3. The topological polar surface area (TPSA) is 75.4 Å². The Morgan fingerprint density at radius 2 is 1.95 bits per heavy atom. The van der Waals surface area contributed by atoms with Crippen LogP contribution >= 0.6 is 0 Å². The Balaban J connectivity index is 2.11. The molecule has 6 heteroatoms. The summed E-state index contributed by atoms with van der Waals surface area (Å²) in [7, 11) is -1.39. The van der Waals surface area contributed by atoms with Crippen LogP contribution in [0.15, 0.2) is 23.1 Å². The lowest BCUT2D eigenvalue weighted by Crippen LogP contribution is -2.43. The third-order valence-electron chi connectivity index (χ3n) is 3.59. The summed E-state index contributed by atoms with van der Waals surface area (Å²) >= 11 is 0. The third-order valence-corrected chi connectivity index (χ3v) is 5.11. The van der Waals surface area contributed by atoms with Crippen LogP contribution in [-0.4, -0.2) is 39.5 Å². The molecule has 0 bridgehead atoms. The van der Waals surface area contributed by atoms with E-state index in [-0.39, 0.29) is 10.9 Å². The maximum Gasteiger partial charge on any atom is 0.240 e. The summed E-state index contributed by atoms with van der Waals surface area (Å²) in [6.45, 7) is 3.66. The highest BCUT2D eigenvalue weighted by molar-refractivity contribution is 7.89. The quantitative estimate of drug-likeness (QED) is 0.810. The number of nitrogens with two attached hydrogens (primary N) is 1. The molecule has 0 saturated carbocycles. The average molecular weight is 283 g/mol. The van der Waals surface area contributed by atoms with Gasteiger partial charge in [-0.3, -0.25) is 0 Å². The average Bonchev–Trinajstić information content (AvgIpc) is 2.35. The van der Waals surface area contributed by atoms with E-state index >= 15 is 0 Å². The van der Waals surface area contributed by atoms with E-state index in [2.05, 4.69) is 9.62 Å². The Morgan fingerprint density at radius 3 is 2.53 bits per heavy atom. The van der Waals surface area contributed by atoms with E-state index in [1.54, 1.807) is 18.2 Å². The summed E-state index contributed by atoms with van der Waals surface area (Å²) in [4.78, 5) is 2.50. The van der Waals surface area contributed by atoms with Gasteiger partial charge >= 0.3 is 0 Å². The minimum Gasteiger partial charge on any atom is -0.399 e. The third kappa shape index (κ3) is 3.46. The zero-order valence-electron chi connectivity index (χ0n) is 11.4. The molecule has 1 aromatic rings. The maximum atomic E-state index is 12.3. The van der Waals surface area contributed by atoms with Crippen molar-refractivity contribution in [3.05, 3.63) is 23.8 Å². The van der Waals surface area contributed by atoms with Crippen molar-refractivity contribution >= 4 is 15.7 Å². The Bertz CT molecular complexity index is 549. The first-order valence-electron chi connectivity index (χ1n) is 6.45. The maximum absolute atomic E-state index is 12.3. The molecule has 0 aromatic heterocycles. The molecule has 2 rings (SSSR count). The fraction of sp³-hybridized carbons (Fsp3) is 0.538. The number of rotatable bonds is 3. The summed E-state index contributed by atoms with van der Waals surface area (Å²) in [5.41, 5.74) is 7.10. The van der Waals surface area contributed by atoms with Gasteiger partial charge in [0.2, 0.25) is 10.0 Å². The first-order valence-corrected chi connectivity index (χ1v) is 7.94. The van der Waals surface area contributed by atoms with E-state index in [1.165, 1.54) is 0 Å². The normalized spacial score (nSPS) is 18.6. The lowest BCUT2D eigenvalue weighted by Gasteiger charge is -2.29. The number of likely N-dealkylation sites (tertiary alicyclic amines) is 1. The van der Waals surface area contributed by atoms with Crippen molar-refractivity contribution in [2.24, 2.45) is 0 Å². The molecule has 19 heavy (non-hydrogen) atoms. The highest BCUT2D eigenvalue weighted by Gasteiger charge is 2.23. The molecule has 1 fully saturated rings. The molecular formula is C13H21N3O2S. The van der Waals surface area contributed by atoms with E-state index < -0.39 is 10.0 Å². The van der Waals surface area contributed by atoms with Crippen LogP contribution in [0.5, 0.6) is 0 Å². The van der Waals surface area contributed by atoms with Gasteiger partial charge in [0.25, 0.3) is 0 Å². The zero-order valence-corrected chi connectivity index (χ0v) is 12.2. The zero-order chi connectivity index (χ0) is 14.0. The van der Waals surface area contributed by atoms with Crippen molar-refractivity contribution in [2.75, 3.05) is 25.9 Å². The Morgan fingerprint density at radius 1 is 1.32 bits per heavy atom. The van der Waals surface area contributed by atoms with E-state index in [0.717, 1.165) is 31.5 Å². The van der Waals surface area contributed by atoms with Crippen molar-refractivity contribution in [3.8, 4) is 0 Å². The fourth-order valence-corrected chi connectivity index (χ4v) is 3.62. The number of hydrogen-bond donors (Lipinski definition) is 2. The SMILES string of the molecule is Cc1cc(S(=O)(=O)NC2CCN(C)CC2)ccc1N. The van der Waals surface area contributed by atoms with Gasteiger partial charge in [-0.25, -0.2) is 13.1 Å². The summed E-state index contributed by atoms with van der Waals surface area (Å²) in [6.07, 6.45) is 1.70. The smallest absolute Gasteiger partial charge is 0.240 e. The molecule has 1 aromatic carbocycles. The molecule has 0 atom stereocenters. The van der Waals surface area contributed by atoms with Gasteiger partial charge in [0.1, 0.15) is 0 Å². The lowest BCUT2D eigenvalue weighted by atomic mass is 10.1. The first kappa shape index (κ1) is 14.3. The van der Waals surface area contributed by atoms with Gasteiger partial charge in [-0.1, -0.05) is 0 Å². The van der Waals surface area contributed by atoms with Crippen LogP contribution in [0.1, 0.15) is 18.4 Å². The minimum absolute atomic E-state index is 0.0269. The second kappa shape index (κ2) is 5.48. The van der Waals surface area contributed by atoms with Gasteiger partial charge in [0.05, 0.1) is 4.90 Å². The van der Waals surface area contributed by atoms with E-state index in [4.69, 9.17) is 5.73 Å². The second-order valence-corrected chi connectivity index (χ2v) is 6.93. The molecule has 0 radical (unpaired) electrons. The number of nitrogen functional groups attached to an aromatic ring is 1. The van der Waals surface area contributed by atoms with Gasteiger partial charge in [0, 0.05) is 11.7 Å². The number of piperidine rings is 1. The Kier molecular flexibility index (Phi) is 4.13. The molecule has 5 nitrogen and oxygen atoms in total. The van der Waals surface area contributed by atoms with Gasteiger partial charge in [-0.05, 0) is 63.7 Å². The van der Waals surface area contributed by atoms with Gasteiger partial charge in [-0.15, -0.1) is 0 Å². The van der Waals surface area contributed by atoms with Crippen LogP contribution in [0.25, 0.3) is 0 Å². The van der Waals surface area contributed by atoms with E-state index in [9.17, 15) is 8.42 Å². The van der Waals surface area contributed by atoms with Crippen molar-refractivity contribution in [3.63, 3.8) is 0 Å². The highest BCUT2D eigenvalue weighted by atomic mass is 32.2. The molecule has 106 valence electrons. The lowest BCUT2D eigenvalue weighted by molar-refractivity contribution is 0.248. The van der Waals surface area contributed by atoms with Crippen LogP contribution in [-0.2, 0) is 10.0 Å². The van der Waals surface area contributed by atoms with Gasteiger partial charge in [-0.2, -0.15) is 0 Å². The summed E-state index contributed by atoms with van der Waals surface area (Å²) < 4.78 is 27.3.